The van der Waals surface area contributed by atoms with Crippen LogP contribution in [0.25, 0.3) is 0 Å². The number of alkyl halides is 3. The molecule has 1 spiro atoms. The van der Waals surface area contributed by atoms with E-state index in [2.05, 4.69) is 5.32 Å². The molecule has 8 heteroatoms. The van der Waals surface area contributed by atoms with E-state index in [0.717, 1.165) is 12.7 Å². The summed E-state index contributed by atoms with van der Waals surface area (Å²) in [6.45, 7) is 1.39. The maximum atomic E-state index is 13.4. The number of thioether (sulfide) groups is 1. The number of hydrogen-bond acceptors (Lipinski definition) is 3. The molecule has 3 atom stereocenters. The molecular weight excluding hydrogens is 317 g/mol. The second-order valence-corrected chi connectivity index (χ2v) is 7.87. The summed E-state index contributed by atoms with van der Waals surface area (Å²) in [6, 6.07) is -0.689. The van der Waals surface area contributed by atoms with E-state index in [1.54, 1.807) is 11.8 Å². The van der Waals surface area contributed by atoms with Crippen molar-refractivity contribution in [3.8, 4) is 0 Å². The Bertz CT molecular complexity index is 463. The Labute approximate surface area is 131 Å². The number of hydrogen-bond donors (Lipinski definition) is 2. The van der Waals surface area contributed by atoms with Crippen molar-refractivity contribution in [3.63, 3.8) is 0 Å². The summed E-state index contributed by atoms with van der Waals surface area (Å²) in [6.07, 6.45) is -3.08. The number of nitrogens with zero attached hydrogens (tertiary/aromatic N) is 1. The molecular formula is C14H21F3N2O2S. The second kappa shape index (κ2) is 5.19. The van der Waals surface area contributed by atoms with Gasteiger partial charge in [0.05, 0.1) is 11.6 Å². The van der Waals surface area contributed by atoms with E-state index in [9.17, 15) is 23.1 Å². The molecule has 0 radical (unpaired) electrons. The lowest BCUT2D eigenvalue weighted by Crippen LogP contribution is -2.64. The molecule has 2 heterocycles. The highest BCUT2D eigenvalue weighted by atomic mass is 32.2. The number of halogens is 3. The Balaban J connectivity index is 1.79. The van der Waals surface area contributed by atoms with Crippen molar-refractivity contribution in [1.29, 1.82) is 0 Å². The molecule has 0 aromatic heterocycles. The van der Waals surface area contributed by atoms with Gasteiger partial charge in [-0.2, -0.15) is 24.9 Å². The van der Waals surface area contributed by atoms with Crippen LogP contribution in [0.5, 0.6) is 0 Å². The number of carbonyl (C=O) groups excluding carboxylic acids is 1. The molecule has 2 N–H and O–H groups in total. The number of likely N-dealkylation sites (tertiary alicyclic amines) is 1. The van der Waals surface area contributed by atoms with E-state index in [1.165, 1.54) is 4.90 Å². The summed E-state index contributed by atoms with van der Waals surface area (Å²) in [7, 11) is 0. The maximum absolute atomic E-state index is 13.4. The minimum atomic E-state index is -4.47. The molecule has 22 heavy (non-hydrogen) atoms. The summed E-state index contributed by atoms with van der Waals surface area (Å²) in [5.74, 6) is 0.867. The van der Waals surface area contributed by atoms with Crippen LogP contribution in [0.4, 0.5) is 18.0 Å². The molecule has 2 amide bonds. The molecule has 3 rings (SSSR count). The lowest BCUT2D eigenvalue weighted by Gasteiger charge is -2.40. The summed E-state index contributed by atoms with van der Waals surface area (Å²) in [5, 5.41) is 12.5. The monoisotopic (exact) mass is 338 g/mol. The molecule has 0 aromatic rings. The minimum absolute atomic E-state index is 0.312. The Morgan fingerprint density at radius 1 is 1.36 bits per heavy atom. The number of urea groups is 1. The van der Waals surface area contributed by atoms with E-state index in [0.29, 0.717) is 38.0 Å². The zero-order chi connectivity index (χ0) is 16.2. The van der Waals surface area contributed by atoms with E-state index in [-0.39, 0.29) is 0 Å². The van der Waals surface area contributed by atoms with Crippen molar-refractivity contribution in [2.45, 2.75) is 56.0 Å². The van der Waals surface area contributed by atoms with Gasteiger partial charge in [-0.05, 0) is 44.3 Å². The molecule has 4 nitrogen and oxygen atoms in total. The van der Waals surface area contributed by atoms with Crippen LogP contribution in [0.3, 0.4) is 0 Å². The number of aliphatic hydroxyl groups excluding tert-OH is 1. The molecule has 0 bridgehead atoms. The SMILES string of the molecule is CC(NC(=O)N1CCC(O)C12CCSC2)(C1CC1)C(F)(F)F. The molecule has 0 aromatic carbocycles. The molecule has 2 saturated heterocycles. The third kappa shape index (κ3) is 2.38. The van der Waals surface area contributed by atoms with Crippen LogP contribution in [-0.2, 0) is 0 Å². The zero-order valence-corrected chi connectivity index (χ0v) is 13.3. The smallest absolute Gasteiger partial charge is 0.391 e. The predicted molar refractivity (Wildman–Crippen MR) is 77.7 cm³/mol. The van der Waals surface area contributed by atoms with E-state index in [1.807, 2.05) is 0 Å². The quantitative estimate of drug-likeness (QED) is 0.813. The lowest BCUT2D eigenvalue weighted by atomic mass is 9.92. The van der Waals surface area contributed by atoms with Crippen LogP contribution in [0.15, 0.2) is 0 Å². The standard InChI is InChI=1S/C14H21F3N2O2S/c1-12(9-2-3-9,14(15,16)17)18-11(21)19-6-4-10(20)13(19)5-7-22-8-13/h9-10,20H,2-8H2,1H3,(H,18,21). The third-order valence-corrected chi connectivity index (χ3v) is 6.61. The number of aliphatic hydroxyl groups is 1. The Morgan fingerprint density at radius 2 is 2.05 bits per heavy atom. The topological polar surface area (TPSA) is 52.6 Å². The molecule has 1 aliphatic carbocycles. The van der Waals surface area contributed by atoms with Gasteiger partial charge in [0, 0.05) is 12.3 Å². The lowest BCUT2D eigenvalue weighted by molar-refractivity contribution is -0.195. The van der Waals surface area contributed by atoms with Crippen molar-refractivity contribution in [2.75, 3.05) is 18.1 Å². The van der Waals surface area contributed by atoms with Gasteiger partial charge in [0.25, 0.3) is 0 Å². The first-order chi connectivity index (χ1) is 10.2. The van der Waals surface area contributed by atoms with Crippen molar-refractivity contribution < 1.29 is 23.1 Å². The molecule has 3 unspecified atom stereocenters. The van der Waals surface area contributed by atoms with Gasteiger partial charge in [0.1, 0.15) is 5.54 Å². The number of rotatable bonds is 2. The zero-order valence-electron chi connectivity index (χ0n) is 12.4. The highest BCUT2D eigenvalue weighted by Gasteiger charge is 2.61. The first kappa shape index (κ1) is 16.2. The van der Waals surface area contributed by atoms with Gasteiger partial charge in [-0.3, -0.25) is 0 Å². The van der Waals surface area contributed by atoms with Crippen LogP contribution in [0.1, 0.15) is 32.6 Å². The van der Waals surface area contributed by atoms with Crippen molar-refractivity contribution in [1.82, 2.24) is 10.2 Å². The minimum Gasteiger partial charge on any atom is -0.391 e. The number of carbonyl (C=O) groups is 1. The first-order valence-electron chi connectivity index (χ1n) is 7.63. The molecule has 1 saturated carbocycles. The van der Waals surface area contributed by atoms with Gasteiger partial charge in [-0.15, -0.1) is 0 Å². The highest BCUT2D eigenvalue weighted by molar-refractivity contribution is 7.99. The van der Waals surface area contributed by atoms with E-state index >= 15 is 0 Å². The summed E-state index contributed by atoms with van der Waals surface area (Å²) < 4.78 is 40.2. The average Bonchev–Trinajstić information content (AvgIpc) is 3.09. The Kier molecular flexibility index (Phi) is 3.83. The van der Waals surface area contributed by atoms with Crippen LogP contribution in [0, 0.1) is 5.92 Å². The molecule has 3 fully saturated rings. The van der Waals surface area contributed by atoms with Crippen molar-refractivity contribution in [2.24, 2.45) is 5.92 Å². The Morgan fingerprint density at radius 3 is 2.55 bits per heavy atom. The van der Waals surface area contributed by atoms with Gasteiger partial charge < -0.3 is 15.3 Å². The summed E-state index contributed by atoms with van der Waals surface area (Å²) in [4.78, 5) is 14.0. The average molecular weight is 338 g/mol. The van der Waals surface area contributed by atoms with Gasteiger partial charge in [0.15, 0.2) is 0 Å². The second-order valence-electron chi connectivity index (χ2n) is 6.77. The third-order valence-electron chi connectivity index (χ3n) is 5.41. The van der Waals surface area contributed by atoms with Crippen LogP contribution < -0.4 is 5.32 Å². The van der Waals surface area contributed by atoms with Gasteiger partial charge >= 0.3 is 12.2 Å². The normalized spacial score (nSPS) is 35.0. The molecule has 2 aliphatic heterocycles. The largest absolute Gasteiger partial charge is 0.411 e. The summed E-state index contributed by atoms with van der Waals surface area (Å²) in [5.41, 5.74) is -2.87. The fourth-order valence-electron chi connectivity index (χ4n) is 3.63. The fraction of sp³-hybridized carbons (Fsp3) is 0.929. The summed E-state index contributed by atoms with van der Waals surface area (Å²) >= 11 is 1.63. The first-order valence-corrected chi connectivity index (χ1v) is 8.78. The predicted octanol–water partition coefficient (Wildman–Crippen LogP) is 2.37. The molecule has 3 aliphatic rings. The van der Waals surface area contributed by atoms with Crippen molar-refractivity contribution >= 4 is 17.8 Å². The maximum Gasteiger partial charge on any atom is 0.411 e. The van der Waals surface area contributed by atoms with E-state index in [4.69, 9.17) is 0 Å². The van der Waals surface area contributed by atoms with E-state index < -0.39 is 35.3 Å². The number of nitrogens with one attached hydrogen (secondary N) is 1. The van der Waals surface area contributed by atoms with Crippen LogP contribution in [-0.4, -0.2) is 57.4 Å². The van der Waals surface area contributed by atoms with Gasteiger partial charge in [-0.25, -0.2) is 4.79 Å². The highest BCUT2D eigenvalue weighted by Crippen LogP contribution is 2.49. The van der Waals surface area contributed by atoms with Gasteiger partial charge in [0.2, 0.25) is 0 Å². The number of amides is 2. The van der Waals surface area contributed by atoms with Gasteiger partial charge in [-0.1, -0.05) is 0 Å². The van der Waals surface area contributed by atoms with Crippen molar-refractivity contribution in [3.05, 3.63) is 0 Å². The fourth-order valence-corrected chi connectivity index (χ4v) is 5.11. The van der Waals surface area contributed by atoms with Crippen LogP contribution >= 0.6 is 11.8 Å². The molecule has 126 valence electrons. The Hall–Kier alpha value is -0.630. The van der Waals surface area contributed by atoms with Crippen LogP contribution in [0.2, 0.25) is 0 Å².